The highest BCUT2D eigenvalue weighted by atomic mass is 19.4. The third kappa shape index (κ3) is 4.67. The molecule has 0 spiro atoms. The van der Waals surface area contributed by atoms with Gasteiger partial charge in [0, 0.05) is 30.5 Å². The number of halogens is 3. The van der Waals surface area contributed by atoms with Gasteiger partial charge >= 0.3 is 6.36 Å². The second-order valence-corrected chi connectivity index (χ2v) is 7.00. The van der Waals surface area contributed by atoms with E-state index in [9.17, 15) is 13.2 Å². The van der Waals surface area contributed by atoms with Crippen molar-refractivity contribution in [1.82, 2.24) is 14.5 Å². The van der Waals surface area contributed by atoms with Crippen molar-refractivity contribution in [2.45, 2.75) is 19.5 Å². The van der Waals surface area contributed by atoms with Gasteiger partial charge in [0.05, 0.1) is 24.7 Å². The molecule has 32 heavy (non-hydrogen) atoms. The summed E-state index contributed by atoms with van der Waals surface area (Å²) in [7, 11) is 3.09. The molecule has 6 nitrogen and oxygen atoms in total. The van der Waals surface area contributed by atoms with E-state index in [1.54, 1.807) is 38.6 Å². The molecule has 2 heterocycles. The Balaban J connectivity index is 1.78. The molecule has 4 rings (SSSR count). The Morgan fingerprint density at radius 1 is 0.969 bits per heavy atom. The minimum atomic E-state index is -4.78. The van der Waals surface area contributed by atoms with Crippen molar-refractivity contribution in [1.29, 1.82) is 0 Å². The first kappa shape index (κ1) is 21.6. The number of methoxy groups -OCH3 is 2. The lowest BCUT2D eigenvalue weighted by Gasteiger charge is -2.15. The predicted molar refractivity (Wildman–Crippen MR) is 112 cm³/mol. The van der Waals surface area contributed by atoms with Crippen LogP contribution in [0.15, 0.2) is 60.8 Å². The van der Waals surface area contributed by atoms with Crippen LogP contribution in [0.25, 0.3) is 22.2 Å². The summed E-state index contributed by atoms with van der Waals surface area (Å²) in [6.45, 7) is 0.335. The summed E-state index contributed by atoms with van der Waals surface area (Å²) in [5.41, 5.74) is 3.59. The molecule has 2 aromatic heterocycles. The van der Waals surface area contributed by atoms with Crippen LogP contribution >= 0.6 is 0 Å². The maximum Gasteiger partial charge on any atom is 0.573 e. The summed E-state index contributed by atoms with van der Waals surface area (Å²) in [6.07, 6.45) is -3.08. The van der Waals surface area contributed by atoms with E-state index in [2.05, 4.69) is 14.7 Å². The molecule has 0 N–H and O–H groups in total. The fourth-order valence-electron chi connectivity index (χ4n) is 3.47. The van der Waals surface area contributed by atoms with Gasteiger partial charge in [-0.25, -0.2) is 9.97 Å². The first-order valence-electron chi connectivity index (χ1n) is 9.70. The number of para-hydroxylation sites is 1. The molecule has 9 heteroatoms. The van der Waals surface area contributed by atoms with E-state index in [0.717, 1.165) is 16.6 Å². The second-order valence-electron chi connectivity index (χ2n) is 7.00. The summed E-state index contributed by atoms with van der Waals surface area (Å²) in [5, 5.41) is 0. The summed E-state index contributed by atoms with van der Waals surface area (Å²) >= 11 is 0. The van der Waals surface area contributed by atoms with Gasteiger partial charge in [0.15, 0.2) is 0 Å². The Labute approximate surface area is 182 Å². The molecule has 0 aliphatic carbocycles. The standard InChI is InChI=1S/C23H20F3N3O3/c1-30-14-21-28-18-9-7-15(16-8-10-22(31-2)27-12-16)11-19(18)29(21)13-17-5-3-4-6-20(17)32-23(24,25)26/h3-12H,13-14H2,1-2H3. The molecule has 2 aromatic carbocycles. The lowest BCUT2D eigenvalue weighted by Crippen LogP contribution is -2.18. The van der Waals surface area contributed by atoms with Crippen molar-refractivity contribution in [3.63, 3.8) is 0 Å². The molecule has 0 atom stereocenters. The van der Waals surface area contributed by atoms with Crippen LogP contribution in [0.4, 0.5) is 13.2 Å². The predicted octanol–water partition coefficient (Wildman–Crippen LogP) is 5.20. The van der Waals surface area contributed by atoms with Crippen LogP contribution in [-0.2, 0) is 17.9 Å². The van der Waals surface area contributed by atoms with E-state index in [4.69, 9.17) is 9.47 Å². The van der Waals surface area contributed by atoms with Crippen molar-refractivity contribution in [2.24, 2.45) is 0 Å². The van der Waals surface area contributed by atoms with Gasteiger partial charge < -0.3 is 18.8 Å². The lowest BCUT2D eigenvalue weighted by molar-refractivity contribution is -0.274. The highest BCUT2D eigenvalue weighted by Gasteiger charge is 2.32. The van der Waals surface area contributed by atoms with E-state index in [1.807, 2.05) is 28.8 Å². The number of rotatable bonds is 7. The Morgan fingerprint density at radius 2 is 1.75 bits per heavy atom. The second kappa shape index (κ2) is 8.88. The fourth-order valence-corrected chi connectivity index (χ4v) is 3.47. The number of ether oxygens (including phenoxy) is 3. The van der Waals surface area contributed by atoms with Crippen LogP contribution < -0.4 is 9.47 Å². The minimum Gasteiger partial charge on any atom is -0.481 e. The van der Waals surface area contributed by atoms with Crippen LogP contribution in [0, 0.1) is 0 Å². The summed E-state index contributed by atoms with van der Waals surface area (Å²) < 4.78 is 55.0. The quantitative estimate of drug-likeness (QED) is 0.393. The van der Waals surface area contributed by atoms with Gasteiger partial charge in [-0.1, -0.05) is 24.3 Å². The fraction of sp³-hybridized carbons (Fsp3) is 0.217. The van der Waals surface area contributed by atoms with Gasteiger partial charge in [-0.3, -0.25) is 0 Å². The van der Waals surface area contributed by atoms with E-state index in [-0.39, 0.29) is 18.9 Å². The first-order valence-corrected chi connectivity index (χ1v) is 9.70. The van der Waals surface area contributed by atoms with Gasteiger partial charge in [0.25, 0.3) is 0 Å². The van der Waals surface area contributed by atoms with Crippen LogP contribution in [0.3, 0.4) is 0 Å². The number of imidazole rings is 1. The van der Waals surface area contributed by atoms with Crippen LogP contribution in [0.5, 0.6) is 11.6 Å². The van der Waals surface area contributed by atoms with Gasteiger partial charge in [-0.05, 0) is 29.8 Å². The maximum atomic E-state index is 12.9. The molecule has 0 unspecified atom stereocenters. The summed E-state index contributed by atoms with van der Waals surface area (Å²) in [4.78, 5) is 8.84. The lowest BCUT2D eigenvalue weighted by atomic mass is 10.1. The highest BCUT2D eigenvalue weighted by Crippen LogP contribution is 2.30. The average Bonchev–Trinajstić information content (AvgIpc) is 3.11. The molecule has 0 saturated carbocycles. The Morgan fingerprint density at radius 3 is 2.44 bits per heavy atom. The Hall–Kier alpha value is -3.59. The third-order valence-corrected chi connectivity index (χ3v) is 4.91. The largest absolute Gasteiger partial charge is 0.573 e. The number of alkyl halides is 3. The monoisotopic (exact) mass is 443 g/mol. The number of fused-ring (bicyclic) bond motifs is 1. The maximum absolute atomic E-state index is 12.9. The Bertz CT molecular complexity index is 1220. The molecule has 0 saturated heterocycles. The van der Waals surface area contributed by atoms with Crippen molar-refractivity contribution in [3.05, 3.63) is 72.2 Å². The number of benzene rings is 2. The summed E-state index contributed by atoms with van der Waals surface area (Å²) in [6, 6.07) is 15.4. The SMILES string of the molecule is COCc1nc2ccc(-c3ccc(OC)nc3)cc2n1Cc1ccccc1OC(F)(F)F. The van der Waals surface area contributed by atoms with E-state index in [1.165, 1.54) is 12.1 Å². The minimum absolute atomic E-state index is 0.131. The normalized spacial score (nSPS) is 11.7. The van der Waals surface area contributed by atoms with Gasteiger partial charge in [-0.15, -0.1) is 13.2 Å². The summed E-state index contributed by atoms with van der Waals surface area (Å²) in [5.74, 6) is 0.846. The van der Waals surface area contributed by atoms with Crippen molar-refractivity contribution < 1.29 is 27.4 Å². The van der Waals surface area contributed by atoms with E-state index in [0.29, 0.717) is 22.8 Å². The number of hydrogen-bond acceptors (Lipinski definition) is 5. The zero-order chi connectivity index (χ0) is 22.7. The van der Waals surface area contributed by atoms with Crippen LogP contribution in [0.2, 0.25) is 0 Å². The highest BCUT2D eigenvalue weighted by molar-refractivity contribution is 5.82. The molecule has 0 radical (unpaired) electrons. The molecule has 0 fully saturated rings. The van der Waals surface area contributed by atoms with Crippen molar-refractivity contribution in [2.75, 3.05) is 14.2 Å². The zero-order valence-electron chi connectivity index (χ0n) is 17.4. The van der Waals surface area contributed by atoms with Crippen molar-refractivity contribution >= 4 is 11.0 Å². The molecule has 166 valence electrons. The molecule has 0 amide bonds. The number of hydrogen-bond donors (Lipinski definition) is 0. The van der Waals surface area contributed by atoms with Gasteiger partial charge in [0.1, 0.15) is 18.2 Å². The van der Waals surface area contributed by atoms with Crippen molar-refractivity contribution in [3.8, 4) is 22.8 Å². The molecule has 0 bridgehead atoms. The van der Waals surface area contributed by atoms with Crippen LogP contribution in [-0.4, -0.2) is 35.1 Å². The first-order chi connectivity index (χ1) is 15.4. The van der Waals surface area contributed by atoms with Crippen LogP contribution in [0.1, 0.15) is 11.4 Å². The van der Waals surface area contributed by atoms with Gasteiger partial charge in [0.2, 0.25) is 5.88 Å². The zero-order valence-corrected chi connectivity index (χ0v) is 17.4. The third-order valence-electron chi connectivity index (χ3n) is 4.91. The number of pyridine rings is 1. The van der Waals surface area contributed by atoms with E-state index >= 15 is 0 Å². The number of nitrogens with zero attached hydrogens (tertiary/aromatic N) is 3. The Kier molecular flexibility index (Phi) is 6.00. The average molecular weight is 443 g/mol. The molecule has 4 aromatic rings. The smallest absolute Gasteiger partial charge is 0.481 e. The molecular weight excluding hydrogens is 423 g/mol. The van der Waals surface area contributed by atoms with E-state index < -0.39 is 6.36 Å². The molecule has 0 aliphatic rings. The molecular formula is C23H20F3N3O3. The van der Waals surface area contributed by atoms with Gasteiger partial charge in [-0.2, -0.15) is 0 Å². The topological polar surface area (TPSA) is 58.4 Å². The molecule has 0 aliphatic heterocycles. The number of aromatic nitrogens is 3.